The molecule has 1 heterocycles. The first-order chi connectivity index (χ1) is 16.1. The number of benzene rings is 3. The number of rotatable bonds is 10. The number of oxazole rings is 1. The molecule has 1 N–H and O–H groups in total. The van der Waals surface area contributed by atoms with Crippen LogP contribution in [0.5, 0.6) is 11.5 Å². The normalized spacial score (nSPS) is 11.0. The summed E-state index contributed by atoms with van der Waals surface area (Å²) in [5.74, 6) is 1.84. The Hall–Kier alpha value is -3.80. The standard InChI is InChI=1S/C27H27NO5/c1-3-31-24-17-20(13-14-25(29)30)21-11-7-8-12-22(21)26(24)32-16-15-23-18(2)33-27(28-23)19-9-5-4-6-10-19/h4-12,17H,3,13-16H2,1-2H3,(H,29,30). The molecule has 3 aromatic carbocycles. The van der Waals surface area contributed by atoms with Crippen molar-refractivity contribution in [1.82, 2.24) is 4.98 Å². The van der Waals surface area contributed by atoms with Crippen molar-refractivity contribution >= 4 is 16.7 Å². The fraction of sp³-hybridized carbons (Fsp3) is 0.259. The number of hydrogen-bond acceptors (Lipinski definition) is 5. The second-order valence-electron chi connectivity index (χ2n) is 7.72. The van der Waals surface area contributed by atoms with E-state index in [0.29, 0.717) is 43.4 Å². The minimum atomic E-state index is -0.824. The van der Waals surface area contributed by atoms with E-state index >= 15 is 0 Å². The molecule has 0 fully saturated rings. The van der Waals surface area contributed by atoms with Crippen molar-refractivity contribution in [2.45, 2.75) is 33.1 Å². The van der Waals surface area contributed by atoms with E-state index in [2.05, 4.69) is 4.98 Å². The molecule has 33 heavy (non-hydrogen) atoms. The van der Waals surface area contributed by atoms with Gasteiger partial charge in [0.25, 0.3) is 0 Å². The van der Waals surface area contributed by atoms with Gasteiger partial charge >= 0.3 is 5.97 Å². The molecule has 0 bridgehead atoms. The lowest BCUT2D eigenvalue weighted by molar-refractivity contribution is -0.136. The maximum Gasteiger partial charge on any atom is 0.303 e. The van der Waals surface area contributed by atoms with Crippen molar-refractivity contribution in [2.24, 2.45) is 0 Å². The summed E-state index contributed by atoms with van der Waals surface area (Å²) in [6.07, 6.45) is 1.07. The SMILES string of the molecule is CCOc1cc(CCC(=O)O)c2ccccc2c1OCCc1nc(-c2ccccc2)oc1C. The van der Waals surface area contributed by atoms with E-state index in [1.807, 2.05) is 74.5 Å². The maximum atomic E-state index is 11.1. The molecule has 6 heteroatoms. The highest BCUT2D eigenvalue weighted by Crippen LogP contribution is 2.39. The van der Waals surface area contributed by atoms with Crippen LogP contribution in [0.3, 0.4) is 0 Å². The third kappa shape index (κ3) is 5.17. The molecule has 1 aromatic heterocycles. The molecule has 0 saturated carbocycles. The third-order valence-electron chi connectivity index (χ3n) is 5.45. The van der Waals surface area contributed by atoms with Crippen LogP contribution < -0.4 is 9.47 Å². The highest BCUT2D eigenvalue weighted by molar-refractivity contribution is 5.93. The molecule has 0 radical (unpaired) electrons. The Balaban J connectivity index is 1.57. The Morgan fingerprint density at radius 2 is 1.73 bits per heavy atom. The number of ether oxygens (including phenoxy) is 2. The fourth-order valence-corrected chi connectivity index (χ4v) is 3.87. The zero-order chi connectivity index (χ0) is 23.2. The highest BCUT2D eigenvalue weighted by Gasteiger charge is 2.17. The molecule has 170 valence electrons. The van der Waals surface area contributed by atoms with Crippen LogP contribution >= 0.6 is 0 Å². The van der Waals surface area contributed by atoms with Gasteiger partial charge in [0, 0.05) is 23.8 Å². The van der Waals surface area contributed by atoms with Crippen molar-refractivity contribution in [1.29, 1.82) is 0 Å². The number of aliphatic carboxylic acids is 1. The number of aryl methyl sites for hydroxylation is 2. The summed E-state index contributed by atoms with van der Waals surface area (Å²) in [6.45, 7) is 4.71. The van der Waals surface area contributed by atoms with Gasteiger partial charge in [-0.1, -0.05) is 42.5 Å². The van der Waals surface area contributed by atoms with Crippen LogP contribution in [0.25, 0.3) is 22.2 Å². The van der Waals surface area contributed by atoms with Crippen LogP contribution in [-0.2, 0) is 17.6 Å². The van der Waals surface area contributed by atoms with E-state index < -0.39 is 5.97 Å². The predicted octanol–water partition coefficient (Wildman–Crippen LogP) is 5.84. The van der Waals surface area contributed by atoms with Gasteiger partial charge in [0.1, 0.15) is 5.76 Å². The van der Waals surface area contributed by atoms with E-state index in [1.54, 1.807) is 0 Å². The van der Waals surface area contributed by atoms with Crippen molar-refractivity contribution in [2.75, 3.05) is 13.2 Å². The van der Waals surface area contributed by atoms with E-state index in [-0.39, 0.29) is 6.42 Å². The minimum Gasteiger partial charge on any atom is -0.490 e. The van der Waals surface area contributed by atoms with E-state index in [9.17, 15) is 4.79 Å². The summed E-state index contributed by atoms with van der Waals surface area (Å²) in [5.41, 5.74) is 2.73. The van der Waals surface area contributed by atoms with Crippen LogP contribution in [-0.4, -0.2) is 29.3 Å². The van der Waals surface area contributed by atoms with Gasteiger partial charge < -0.3 is 19.0 Å². The van der Waals surface area contributed by atoms with Crippen molar-refractivity contribution < 1.29 is 23.8 Å². The van der Waals surface area contributed by atoms with Gasteiger partial charge in [-0.25, -0.2) is 4.98 Å². The van der Waals surface area contributed by atoms with Crippen LogP contribution in [0, 0.1) is 6.92 Å². The smallest absolute Gasteiger partial charge is 0.303 e. The summed E-state index contributed by atoms with van der Waals surface area (Å²) >= 11 is 0. The Bertz CT molecular complexity index is 1250. The van der Waals surface area contributed by atoms with Gasteiger partial charge in [0.05, 0.1) is 18.9 Å². The van der Waals surface area contributed by atoms with Gasteiger partial charge in [0.2, 0.25) is 5.89 Å². The molecule has 6 nitrogen and oxygen atoms in total. The first-order valence-corrected chi connectivity index (χ1v) is 11.1. The molecular formula is C27H27NO5. The second kappa shape index (κ2) is 10.2. The fourth-order valence-electron chi connectivity index (χ4n) is 3.87. The first kappa shape index (κ1) is 22.4. The lowest BCUT2D eigenvalue weighted by atomic mass is 9.99. The number of carboxylic acid groups (broad SMARTS) is 1. The average molecular weight is 446 g/mol. The van der Waals surface area contributed by atoms with Gasteiger partial charge in [-0.3, -0.25) is 4.79 Å². The molecule has 0 atom stereocenters. The molecule has 0 aliphatic rings. The Morgan fingerprint density at radius 1 is 1.00 bits per heavy atom. The largest absolute Gasteiger partial charge is 0.490 e. The van der Waals surface area contributed by atoms with Gasteiger partial charge in [-0.2, -0.15) is 0 Å². The summed E-state index contributed by atoms with van der Waals surface area (Å²) < 4.78 is 18.0. The van der Waals surface area contributed by atoms with Crippen molar-refractivity contribution in [3.8, 4) is 23.0 Å². The number of fused-ring (bicyclic) bond motifs is 1. The van der Waals surface area contributed by atoms with Gasteiger partial charge in [-0.05, 0) is 49.4 Å². The molecule has 0 unspecified atom stereocenters. The molecule has 4 rings (SSSR count). The molecule has 0 spiro atoms. The third-order valence-corrected chi connectivity index (χ3v) is 5.45. The zero-order valence-electron chi connectivity index (χ0n) is 18.8. The number of carboxylic acids is 1. The minimum absolute atomic E-state index is 0.0605. The summed E-state index contributed by atoms with van der Waals surface area (Å²) in [6, 6.07) is 19.6. The number of carbonyl (C=O) groups is 1. The van der Waals surface area contributed by atoms with Crippen molar-refractivity contribution in [3.05, 3.63) is 77.7 Å². The van der Waals surface area contributed by atoms with E-state index in [1.165, 1.54) is 0 Å². The Labute approximate surface area is 192 Å². The number of nitrogens with zero attached hydrogens (tertiary/aromatic N) is 1. The Morgan fingerprint density at radius 3 is 2.45 bits per heavy atom. The van der Waals surface area contributed by atoms with Crippen LogP contribution in [0.4, 0.5) is 0 Å². The van der Waals surface area contributed by atoms with Crippen LogP contribution in [0.2, 0.25) is 0 Å². The molecule has 0 aliphatic heterocycles. The first-order valence-electron chi connectivity index (χ1n) is 11.1. The Kier molecular flexibility index (Phi) is 6.93. The summed E-state index contributed by atoms with van der Waals surface area (Å²) in [5, 5.41) is 11.0. The monoisotopic (exact) mass is 445 g/mol. The van der Waals surface area contributed by atoms with Crippen LogP contribution in [0.15, 0.2) is 65.1 Å². The van der Waals surface area contributed by atoms with E-state index in [4.69, 9.17) is 19.0 Å². The van der Waals surface area contributed by atoms with Crippen LogP contribution in [0.1, 0.15) is 30.4 Å². The molecular weight excluding hydrogens is 418 g/mol. The quantitative estimate of drug-likeness (QED) is 0.330. The topological polar surface area (TPSA) is 81.8 Å². The molecule has 0 saturated heterocycles. The summed E-state index contributed by atoms with van der Waals surface area (Å²) in [7, 11) is 0. The predicted molar refractivity (Wildman–Crippen MR) is 127 cm³/mol. The molecule has 0 amide bonds. The summed E-state index contributed by atoms with van der Waals surface area (Å²) in [4.78, 5) is 15.8. The van der Waals surface area contributed by atoms with Gasteiger partial charge in [-0.15, -0.1) is 0 Å². The average Bonchev–Trinajstić information content (AvgIpc) is 3.20. The number of hydrogen-bond donors (Lipinski definition) is 1. The number of aromatic nitrogens is 1. The lowest BCUT2D eigenvalue weighted by Gasteiger charge is -2.17. The second-order valence-corrected chi connectivity index (χ2v) is 7.72. The highest BCUT2D eigenvalue weighted by atomic mass is 16.5. The van der Waals surface area contributed by atoms with Gasteiger partial charge in [0.15, 0.2) is 11.5 Å². The lowest BCUT2D eigenvalue weighted by Crippen LogP contribution is -2.06. The van der Waals surface area contributed by atoms with E-state index in [0.717, 1.165) is 33.4 Å². The zero-order valence-corrected chi connectivity index (χ0v) is 18.8. The molecule has 0 aliphatic carbocycles. The van der Waals surface area contributed by atoms with Crippen molar-refractivity contribution in [3.63, 3.8) is 0 Å². The molecule has 4 aromatic rings. The maximum absolute atomic E-state index is 11.1.